The van der Waals surface area contributed by atoms with E-state index >= 15 is 0 Å². The molecule has 5 rings (SSSR count). The number of aliphatic hydroxyl groups is 4. The summed E-state index contributed by atoms with van der Waals surface area (Å²) in [6, 6.07) is 10.4. The number of hydrogen-bond donors (Lipinski definition) is 17. The molecule has 39 heteroatoms. The molecule has 1 heterocycles. The number of fused-ring (bicyclic) bond motifs is 1. The number of ketones is 8. The molecule has 0 unspecified atom stereocenters. The van der Waals surface area contributed by atoms with Gasteiger partial charge >= 0.3 is 17.9 Å². The molecule has 738 valence electrons. The zero-order chi connectivity index (χ0) is 99.8. The number of nitrogens with two attached hydrogens (primary N) is 1. The van der Waals surface area contributed by atoms with E-state index in [1.165, 1.54) is 53.4 Å². The lowest BCUT2D eigenvalue weighted by molar-refractivity contribution is -0.143. The number of carbonyl (C=O) groups excluding carboxylic acids is 17. The first-order valence-electron chi connectivity index (χ1n) is 45.6. The van der Waals surface area contributed by atoms with Crippen LogP contribution in [0.5, 0.6) is 11.5 Å². The molecule has 3 aromatic rings. The van der Waals surface area contributed by atoms with E-state index < -0.39 is 286 Å². The van der Waals surface area contributed by atoms with Crippen molar-refractivity contribution in [2.75, 3.05) is 44.4 Å². The summed E-state index contributed by atoms with van der Waals surface area (Å²) < 4.78 is 0. The topological polar surface area (TPSA) is 637 Å². The van der Waals surface area contributed by atoms with Crippen LogP contribution in [-0.2, 0) is 115 Å². The molecule has 2 fully saturated rings. The minimum atomic E-state index is -2.00. The lowest BCUT2D eigenvalue weighted by atomic mass is 9.85. The smallest absolute Gasteiger partial charge is 0.304 e. The summed E-state index contributed by atoms with van der Waals surface area (Å²) in [6.07, 6.45) is -7.88. The van der Waals surface area contributed by atoms with Gasteiger partial charge in [-0.15, -0.1) is 11.8 Å². The lowest BCUT2D eigenvalue weighted by Gasteiger charge is -2.28. The Kier molecular flexibility index (Phi) is 48.4. The van der Waals surface area contributed by atoms with Crippen LogP contribution < -0.4 is 43.0 Å². The number of amides is 9. The maximum Gasteiger partial charge on any atom is 0.304 e. The van der Waals surface area contributed by atoms with Crippen LogP contribution in [0.25, 0.3) is 0 Å². The highest BCUT2D eigenvalue weighted by atomic mass is 32.2. The second kappa shape index (κ2) is 57.4. The normalized spacial score (nSPS) is 17.1. The second-order valence-electron chi connectivity index (χ2n) is 35.7. The van der Waals surface area contributed by atoms with E-state index in [4.69, 9.17) is 5.73 Å². The summed E-state index contributed by atoms with van der Waals surface area (Å²) in [6.45, 7) is 8.23. The zero-order valence-electron chi connectivity index (χ0n) is 77.0. The summed E-state index contributed by atoms with van der Waals surface area (Å²) in [5, 5.41) is 111. The molecule has 3 aromatic carbocycles. The number of aromatic hydroxyl groups is 2. The van der Waals surface area contributed by atoms with Gasteiger partial charge < -0.3 is 88.9 Å². The summed E-state index contributed by atoms with van der Waals surface area (Å²) in [4.78, 5) is 274. The highest BCUT2D eigenvalue weighted by molar-refractivity contribution is 8.00. The van der Waals surface area contributed by atoms with Crippen molar-refractivity contribution >= 4 is 129 Å². The van der Waals surface area contributed by atoms with Crippen molar-refractivity contribution in [2.45, 2.75) is 251 Å². The Labute approximate surface area is 782 Å². The van der Waals surface area contributed by atoms with Gasteiger partial charge in [0.05, 0.1) is 122 Å². The fourth-order valence-electron chi connectivity index (χ4n) is 16.3. The number of aliphatic carboxylic acids is 3. The molecule has 18 N–H and O–H groups in total. The lowest BCUT2D eigenvalue weighted by Crippen LogP contribution is -2.52. The van der Waals surface area contributed by atoms with Crippen molar-refractivity contribution in [2.24, 2.45) is 70.8 Å². The minimum absolute atomic E-state index is 0.0237. The van der Waals surface area contributed by atoms with E-state index in [0.29, 0.717) is 49.8 Å². The number of unbranched alkanes of at least 4 members (excludes halogenated alkanes) is 1. The highest BCUT2D eigenvalue weighted by Gasteiger charge is 2.50. The van der Waals surface area contributed by atoms with Crippen LogP contribution in [0.15, 0.2) is 78.9 Å². The number of carbonyl (C=O) groups is 20. The van der Waals surface area contributed by atoms with Gasteiger partial charge in [-0.25, -0.2) is 0 Å². The summed E-state index contributed by atoms with van der Waals surface area (Å²) in [5.74, 6) is -31.2. The molecular formula is C95H133N9O29S. The molecule has 1 aliphatic heterocycles. The van der Waals surface area contributed by atoms with Gasteiger partial charge in [-0.05, 0) is 144 Å². The van der Waals surface area contributed by atoms with E-state index in [9.17, 15) is 142 Å². The van der Waals surface area contributed by atoms with E-state index in [1.54, 1.807) is 65.0 Å². The van der Waals surface area contributed by atoms with Gasteiger partial charge in [-0.1, -0.05) is 102 Å². The number of Topliss-reactive ketones (excluding diaryl/α,β-unsaturated/α-hetero) is 8. The van der Waals surface area contributed by atoms with Gasteiger partial charge in [0.2, 0.25) is 53.2 Å². The van der Waals surface area contributed by atoms with Crippen LogP contribution >= 0.6 is 11.8 Å². The number of phenolic OH excluding ortho intramolecular Hbond substituents is 2. The van der Waals surface area contributed by atoms with Gasteiger partial charge in [0.25, 0.3) is 0 Å². The number of benzene rings is 3. The van der Waals surface area contributed by atoms with Crippen LogP contribution in [0.4, 0.5) is 0 Å². The largest absolute Gasteiger partial charge is 0.508 e. The van der Waals surface area contributed by atoms with Gasteiger partial charge in [0, 0.05) is 82.2 Å². The maximum absolute atomic E-state index is 14.9. The third-order valence-corrected chi connectivity index (χ3v) is 25.3. The first-order valence-corrected chi connectivity index (χ1v) is 46.8. The number of aliphatic hydroxyl groups excluding tert-OH is 4. The molecule has 0 bridgehead atoms. The predicted octanol–water partition coefficient (Wildman–Crippen LogP) is 2.85. The summed E-state index contributed by atoms with van der Waals surface area (Å²) in [5.41, 5.74) is 6.77. The Hall–Kier alpha value is -11.4. The summed E-state index contributed by atoms with van der Waals surface area (Å²) in [7, 11) is 0. The Morgan fingerprint density at radius 1 is 0.440 bits per heavy atom. The number of nitrogens with zero attached hydrogens (tertiary/aromatic N) is 1. The number of nitrogens with one attached hydrogen (secondary N) is 7. The van der Waals surface area contributed by atoms with Gasteiger partial charge in [-0.2, -0.15) is 0 Å². The summed E-state index contributed by atoms with van der Waals surface area (Å²) >= 11 is 0.953. The third-order valence-electron chi connectivity index (χ3n) is 24.2. The Morgan fingerprint density at radius 3 is 1.42 bits per heavy atom. The Balaban J connectivity index is 1.28. The van der Waals surface area contributed by atoms with Crippen molar-refractivity contribution in [1.82, 2.24) is 42.1 Å². The van der Waals surface area contributed by atoms with Crippen molar-refractivity contribution in [1.29, 1.82) is 0 Å². The van der Waals surface area contributed by atoms with Crippen LogP contribution in [0.1, 0.15) is 200 Å². The van der Waals surface area contributed by atoms with E-state index in [0.717, 1.165) is 32.0 Å². The van der Waals surface area contributed by atoms with Crippen molar-refractivity contribution < 1.29 is 142 Å². The van der Waals surface area contributed by atoms with Crippen molar-refractivity contribution in [3.63, 3.8) is 0 Å². The molecule has 9 amide bonds. The fourth-order valence-corrected chi connectivity index (χ4v) is 17.1. The zero-order valence-corrected chi connectivity index (χ0v) is 77.8. The number of thioether (sulfide) groups is 1. The third kappa shape index (κ3) is 38.5. The molecule has 18 atom stereocenters. The van der Waals surface area contributed by atoms with E-state index in [-0.39, 0.29) is 115 Å². The van der Waals surface area contributed by atoms with Crippen LogP contribution in [0.3, 0.4) is 0 Å². The van der Waals surface area contributed by atoms with Gasteiger partial charge in [-0.3, -0.25) is 101 Å². The van der Waals surface area contributed by atoms with E-state index in [2.05, 4.69) is 37.2 Å². The Bertz CT molecular complexity index is 4530. The van der Waals surface area contributed by atoms with Gasteiger partial charge in [0.1, 0.15) is 29.1 Å². The SMILES string of the molecule is CC[C@H](C)[C@H](NC(=O)[C@H](CO)CC(=O)[C@H](Cc1ccc(O)cc1)NC(=O)[C@H](CC(=O)O)CC(=O)[C@H](CO)NC(=O)[C@@H](CC(=O)[C@H](Cc1ccccc1)NC(=O)[C@@H](CC(=O)CNC(=O)[C@H](CCC(=O)O)CC(=O)CSCC(=O)CCCN1C(=O)[C@H]2CCC[C@H]2C1=O)[C@@H](C)O)[C@@H](C)O)C(=O)C[C@@H](Cc1ccc(O)cc1)C(=O)N[C@@H](CC(C)C)C(=O)C[C@@H](CC(=O)O)C(=O)N[C@H](C)CCCCN. The fraction of sp³-hybridized carbons (Fsp3) is 0.600. The monoisotopic (exact) mass is 1900 g/mol. The van der Waals surface area contributed by atoms with Crippen LogP contribution in [-0.4, -0.2) is 261 Å². The number of phenols is 2. The van der Waals surface area contributed by atoms with Gasteiger partial charge in [0.15, 0.2) is 34.7 Å². The molecule has 134 heavy (non-hydrogen) atoms. The number of hydrogen-bond acceptors (Lipinski definition) is 28. The van der Waals surface area contributed by atoms with Crippen LogP contribution in [0.2, 0.25) is 0 Å². The van der Waals surface area contributed by atoms with Crippen LogP contribution in [0, 0.1) is 65.1 Å². The van der Waals surface area contributed by atoms with Crippen molar-refractivity contribution in [3.05, 3.63) is 95.6 Å². The van der Waals surface area contributed by atoms with E-state index in [1.807, 2.05) is 0 Å². The molecule has 2 aliphatic rings. The maximum atomic E-state index is 14.9. The number of carboxylic acids is 3. The first-order chi connectivity index (χ1) is 63.4. The molecule has 1 saturated heterocycles. The number of likely N-dealkylation sites (tertiary alicyclic amines) is 1. The molecule has 1 aliphatic carbocycles. The first kappa shape index (κ1) is 113. The average molecular weight is 1900 g/mol. The number of carboxylic acid groups (broad SMARTS) is 3. The number of imide groups is 1. The highest BCUT2D eigenvalue weighted by Crippen LogP contribution is 2.40. The molecule has 0 radical (unpaired) electrons. The average Bonchev–Trinajstić information content (AvgIpc) is 1.63. The number of rotatable bonds is 67. The Morgan fingerprint density at radius 2 is 0.903 bits per heavy atom. The molecular weight excluding hydrogens is 1760 g/mol. The predicted molar refractivity (Wildman–Crippen MR) is 486 cm³/mol. The van der Waals surface area contributed by atoms with Crippen molar-refractivity contribution in [3.8, 4) is 11.5 Å². The minimum Gasteiger partial charge on any atom is -0.508 e. The molecule has 38 nitrogen and oxygen atoms in total. The standard InChI is InChI=1S/C95H133N9O29S/c1-8-53(4)86(82(118)41-61(35-58-22-27-65(109)28-23-58)89(127)99-74(34-52(2)3)78(114)39-62(43-84(121)122)88(126)98-54(5)16-12-13-32-96)103-91(129)64(48-105)42-79(115)75(37-59-24-29-66(110)30-25-59)100-90(128)63(44-85(123)124)40-80(116)77(49-106)102-93(131)73(56(7)108)46-81(117)76(36-57-17-10-9-11-18-57)101-92(130)72(55(6)107)45-68(112)47-97-87(125)60(26-31-83(119)120)38-69(113)51-134-50-67(111)19-15-33-104-94(132)70-20-14-21-71(70)95(104)133/h9-11,17-18,22-25,27-30,52-56,60-64,70-77,86,105-110H,8,12-16,19-21,26,31-51,96H2,1-7H3,(H,97,125)(H,98,126)(H,99,127)(H,100,128)(H,101,130)(H,102,131)(H,103,129)(H,119,120)(H,121,122)(H,123,124)/t53-,54+,55+,56+,60+,61+,62-,63-,64-,70-,71+,72-,73-,74-,75-,76-,77-,86-/m0/s1. The molecule has 1 saturated carbocycles. The second-order valence-corrected chi connectivity index (χ2v) is 36.7. The quantitative estimate of drug-likeness (QED) is 0.0285. The molecule has 0 spiro atoms. The molecule has 0 aromatic heterocycles.